The molecule has 1 aliphatic heterocycles. The lowest BCUT2D eigenvalue weighted by atomic mass is 10.2. The molecule has 21 heavy (non-hydrogen) atoms. The molecule has 1 fully saturated rings. The maximum atomic E-state index is 9.14. The largest absolute Gasteiger partial charge is 0.486 e. The van der Waals surface area contributed by atoms with Crippen molar-refractivity contribution in [1.82, 2.24) is 4.90 Å². The van der Waals surface area contributed by atoms with Crippen molar-refractivity contribution < 1.29 is 4.74 Å². The zero-order chi connectivity index (χ0) is 15.4. The Labute approximate surface area is 130 Å². The second-order valence-electron chi connectivity index (χ2n) is 5.59. The highest BCUT2D eigenvalue weighted by atomic mass is 32.1. The van der Waals surface area contributed by atoms with Crippen molar-refractivity contribution in [3.63, 3.8) is 0 Å². The number of ether oxygens (including phenoxy) is 1. The molecule has 0 radical (unpaired) electrons. The third kappa shape index (κ3) is 3.60. The molecule has 1 saturated heterocycles. The van der Waals surface area contributed by atoms with Gasteiger partial charge in [0.2, 0.25) is 0 Å². The Morgan fingerprint density at radius 1 is 1.57 bits per heavy atom. The fourth-order valence-electron chi connectivity index (χ4n) is 2.73. The van der Waals surface area contributed by atoms with Crippen molar-refractivity contribution in [2.75, 3.05) is 30.7 Å². The van der Waals surface area contributed by atoms with E-state index in [1.165, 1.54) is 30.7 Å². The molecule has 0 saturated carbocycles. The van der Waals surface area contributed by atoms with Gasteiger partial charge in [-0.25, -0.2) is 0 Å². The van der Waals surface area contributed by atoms with Crippen molar-refractivity contribution in [2.24, 2.45) is 0 Å². The van der Waals surface area contributed by atoms with E-state index in [9.17, 15) is 0 Å². The van der Waals surface area contributed by atoms with Gasteiger partial charge in [-0.05, 0) is 39.8 Å². The molecule has 1 atom stereocenters. The van der Waals surface area contributed by atoms with Crippen LogP contribution < -0.4 is 15.8 Å². The molecule has 3 N–H and O–H groups in total. The molecule has 1 aliphatic rings. The normalized spacial score (nSPS) is 18.9. The Morgan fingerprint density at radius 2 is 2.33 bits per heavy atom. The molecule has 1 aromatic rings. The van der Waals surface area contributed by atoms with Crippen molar-refractivity contribution in [3.8, 4) is 11.8 Å². The van der Waals surface area contributed by atoms with E-state index in [0.717, 1.165) is 18.1 Å². The summed E-state index contributed by atoms with van der Waals surface area (Å²) in [5.74, 6) is 0.632. The minimum Gasteiger partial charge on any atom is -0.486 e. The van der Waals surface area contributed by atoms with Gasteiger partial charge in [0.1, 0.15) is 21.6 Å². The molecule has 0 bridgehead atoms. The smallest absolute Gasteiger partial charge is 0.178 e. The lowest BCUT2D eigenvalue weighted by Crippen LogP contribution is -2.34. The molecule has 116 valence electrons. The van der Waals surface area contributed by atoms with E-state index in [0.29, 0.717) is 22.4 Å². The van der Waals surface area contributed by atoms with E-state index < -0.39 is 0 Å². The van der Waals surface area contributed by atoms with Crippen molar-refractivity contribution >= 4 is 22.0 Å². The number of hydrogen-bond acceptors (Lipinski definition) is 6. The SMILES string of the molecule is CCN1CCCC1CNc1sc(C#N)c(N)c1OC(C)C. The van der Waals surface area contributed by atoms with Crippen molar-refractivity contribution in [1.29, 1.82) is 5.26 Å². The molecular weight excluding hydrogens is 284 g/mol. The Balaban J connectivity index is 2.10. The molecular formula is C15H24N4OS. The highest BCUT2D eigenvalue weighted by Gasteiger charge is 2.24. The van der Waals surface area contributed by atoms with E-state index >= 15 is 0 Å². The molecule has 0 aliphatic carbocycles. The number of likely N-dealkylation sites (N-methyl/N-ethyl adjacent to an activating group) is 1. The fourth-order valence-corrected chi connectivity index (χ4v) is 3.59. The van der Waals surface area contributed by atoms with Gasteiger partial charge in [-0.15, -0.1) is 11.3 Å². The summed E-state index contributed by atoms with van der Waals surface area (Å²) in [6.45, 7) is 9.24. The van der Waals surface area contributed by atoms with Crippen LogP contribution in [0.15, 0.2) is 0 Å². The van der Waals surface area contributed by atoms with Crippen LogP contribution in [0, 0.1) is 11.3 Å². The van der Waals surface area contributed by atoms with E-state index in [1.54, 1.807) is 0 Å². The van der Waals surface area contributed by atoms with Gasteiger partial charge in [0.15, 0.2) is 5.75 Å². The van der Waals surface area contributed by atoms with Gasteiger partial charge in [0.25, 0.3) is 0 Å². The number of likely N-dealkylation sites (tertiary alicyclic amines) is 1. The van der Waals surface area contributed by atoms with E-state index in [1.807, 2.05) is 13.8 Å². The number of thiophene rings is 1. The van der Waals surface area contributed by atoms with Crippen molar-refractivity contribution in [2.45, 2.75) is 45.8 Å². The zero-order valence-corrected chi connectivity index (χ0v) is 13.8. The average molecular weight is 308 g/mol. The predicted molar refractivity (Wildman–Crippen MR) is 88.0 cm³/mol. The molecule has 1 unspecified atom stereocenters. The van der Waals surface area contributed by atoms with Gasteiger partial charge < -0.3 is 15.8 Å². The first-order valence-electron chi connectivity index (χ1n) is 7.53. The van der Waals surface area contributed by atoms with Crippen LogP contribution in [0.5, 0.6) is 5.75 Å². The first kappa shape index (κ1) is 15.9. The molecule has 0 aromatic carbocycles. The Hall–Kier alpha value is -1.45. The minimum atomic E-state index is 0.0348. The van der Waals surface area contributed by atoms with Gasteiger partial charge in [-0.1, -0.05) is 6.92 Å². The number of nitrogens with zero attached hydrogens (tertiary/aromatic N) is 2. The first-order chi connectivity index (χ1) is 10.1. The number of nitriles is 1. The average Bonchev–Trinajstić information content (AvgIpc) is 3.02. The molecule has 5 nitrogen and oxygen atoms in total. The Bertz CT molecular complexity index is 520. The number of rotatable bonds is 6. The van der Waals surface area contributed by atoms with Crippen molar-refractivity contribution in [3.05, 3.63) is 4.88 Å². The number of nitrogen functional groups attached to an aromatic ring is 1. The van der Waals surface area contributed by atoms with Gasteiger partial charge in [-0.3, -0.25) is 4.90 Å². The summed E-state index contributed by atoms with van der Waals surface area (Å²) in [7, 11) is 0. The molecule has 6 heteroatoms. The molecule has 1 aromatic heterocycles. The second kappa shape index (κ2) is 7.01. The van der Waals surface area contributed by atoms with Crippen LogP contribution in [0.2, 0.25) is 0 Å². The number of nitrogens with one attached hydrogen (secondary N) is 1. The first-order valence-corrected chi connectivity index (χ1v) is 8.35. The fraction of sp³-hybridized carbons (Fsp3) is 0.667. The highest BCUT2D eigenvalue weighted by Crippen LogP contribution is 2.42. The summed E-state index contributed by atoms with van der Waals surface area (Å²) in [4.78, 5) is 3.00. The monoisotopic (exact) mass is 308 g/mol. The van der Waals surface area contributed by atoms with Crippen LogP contribution in [-0.2, 0) is 0 Å². The molecule has 0 spiro atoms. The summed E-state index contributed by atoms with van der Waals surface area (Å²) < 4.78 is 5.79. The van der Waals surface area contributed by atoms with Crippen LogP contribution in [0.3, 0.4) is 0 Å². The summed E-state index contributed by atoms with van der Waals surface area (Å²) in [6.07, 6.45) is 2.51. The third-order valence-corrected chi connectivity index (χ3v) is 4.81. The third-order valence-electron chi connectivity index (χ3n) is 3.76. The molecule has 0 amide bonds. The summed E-state index contributed by atoms with van der Waals surface area (Å²) in [6, 6.07) is 2.69. The lowest BCUT2D eigenvalue weighted by Gasteiger charge is -2.23. The van der Waals surface area contributed by atoms with Gasteiger partial charge in [-0.2, -0.15) is 5.26 Å². The van der Waals surface area contributed by atoms with Gasteiger partial charge >= 0.3 is 0 Å². The quantitative estimate of drug-likeness (QED) is 0.845. The summed E-state index contributed by atoms with van der Waals surface area (Å²) >= 11 is 1.38. The molecule has 2 rings (SSSR count). The summed E-state index contributed by atoms with van der Waals surface area (Å²) in [5, 5.41) is 13.5. The van der Waals surface area contributed by atoms with E-state index in [4.69, 9.17) is 15.7 Å². The van der Waals surface area contributed by atoms with Crippen LogP contribution >= 0.6 is 11.3 Å². The van der Waals surface area contributed by atoms with Crippen LogP contribution in [0.25, 0.3) is 0 Å². The Morgan fingerprint density at radius 3 is 2.95 bits per heavy atom. The number of nitrogens with two attached hydrogens (primary N) is 1. The maximum absolute atomic E-state index is 9.14. The van der Waals surface area contributed by atoms with Crippen LogP contribution in [0.1, 0.15) is 38.5 Å². The highest BCUT2D eigenvalue weighted by molar-refractivity contribution is 7.17. The number of anilines is 2. The van der Waals surface area contributed by atoms with Gasteiger partial charge in [0.05, 0.1) is 6.10 Å². The topological polar surface area (TPSA) is 74.3 Å². The van der Waals surface area contributed by atoms with E-state index in [2.05, 4.69) is 23.2 Å². The second-order valence-corrected chi connectivity index (χ2v) is 6.61. The Kier molecular flexibility index (Phi) is 5.32. The van der Waals surface area contributed by atoms with Gasteiger partial charge in [0, 0.05) is 12.6 Å². The maximum Gasteiger partial charge on any atom is 0.178 e. The van der Waals surface area contributed by atoms with Crippen LogP contribution in [-0.4, -0.2) is 36.7 Å². The summed E-state index contributed by atoms with van der Waals surface area (Å²) in [5.41, 5.74) is 6.47. The predicted octanol–water partition coefficient (Wildman–Crippen LogP) is 2.89. The lowest BCUT2D eigenvalue weighted by molar-refractivity contribution is 0.245. The number of hydrogen-bond donors (Lipinski definition) is 2. The van der Waals surface area contributed by atoms with Crippen LogP contribution in [0.4, 0.5) is 10.7 Å². The van der Waals surface area contributed by atoms with E-state index in [-0.39, 0.29) is 6.10 Å². The molecule has 2 heterocycles. The standard InChI is InChI=1S/C15H24N4OS/c1-4-19-7-5-6-11(19)9-18-15-14(20-10(2)3)13(17)12(8-16)21-15/h10-11,18H,4-7,9,17H2,1-3H3. The minimum absolute atomic E-state index is 0.0348. The zero-order valence-electron chi connectivity index (χ0n) is 13.0.